The van der Waals surface area contributed by atoms with Gasteiger partial charge in [-0.25, -0.2) is 0 Å². The number of fused-ring (bicyclic) bond motifs is 5. The minimum atomic E-state index is -0.0989. The average Bonchev–Trinajstić information content (AvgIpc) is 2.76. The number of cyclic esters (lactones) is 1. The third-order valence-electron chi connectivity index (χ3n) is 7.97. The lowest BCUT2D eigenvalue weighted by Gasteiger charge is -2.59. The Morgan fingerprint density at radius 2 is 1.81 bits per heavy atom. The summed E-state index contributed by atoms with van der Waals surface area (Å²) in [7, 11) is 0. The van der Waals surface area contributed by atoms with E-state index < -0.39 is 0 Å². The van der Waals surface area contributed by atoms with E-state index in [4.69, 9.17) is 4.74 Å². The predicted molar refractivity (Wildman–Crippen MR) is 79.5 cm³/mol. The first kappa shape index (κ1) is 14.0. The van der Waals surface area contributed by atoms with Crippen molar-refractivity contribution in [1.29, 1.82) is 0 Å². The Labute approximate surface area is 127 Å². The molecule has 0 radical (unpaired) electrons. The second kappa shape index (κ2) is 4.47. The van der Waals surface area contributed by atoms with Crippen LogP contribution in [0.3, 0.4) is 0 Å². The van der Waals surface area contributed by atoms with Crippen molar-refractivity contribution in [3.8, 4) is 0 Å². The van der Waals surface area contributed by atoms with Gasteiger partial charge in [-0.2, -0.15) is 0 Å². The molecule has 0 aromatic rings. The van der Waals surface area contributed by atoms with Crippen LogP contribution in [0.15, 0.2) is 0 Å². The minimum absolute atomic E-state index is 0.00728. The van der Waals surface area contributed by atoms with Gasteiger partial charge in [0.05, 0.1) is 12.7 Å². The lowest BCUT2D eigenvalue weighted by Crippen LogP contribution is -2.56. The fourth-order valence-corrected chi connectivity index (χ4v) is 6.56. The molecule has 118 valence electrons. The second-order valence-corrected chi connectivity index (χ2v) is 8.66. The molecule has 0 unspecified atom stereocenters. The van der Waals surface area contributed by atoms with Gasteiger partial charge in [0.25, 0.3) is 0 Å². The molecule has 7 atom stereocenters. The van der Waals surface area contributed by atoms with Crippen LogP contribution in [0.25, 0.3) is 0 Å². The highest BCUT2D eigenvalue weighted by Gasteiger charge is 2.60. The maximum atomic E-state index is 11.6. The third-order valence-corrected chi connectivity index (χ3v) is 7.97. The van der Waals surface area contributed by atoms with Crippen LogP contribution >= 0.6 is 0 Å². The van der Waals surface area contributed by atoms with E-state index in [2.05, 4.69) is 13.8 Å². The zero-order valence-electron chi connectivity index (χ0n) is 13.3. The first-order valence-electron chi connectivity index (χ1n) is 8.79. The van der Waals surface area contributed by atoms with Crippen molar-refractivity contribution >= 4 is 5.97 Å². The number of ether oxygens (including phenoxy) is 1. The summed E-state index contributed by atoms with van der Waals surface area (Å²) in [6, 6.07) is 0. The van der Waals surface area contributed by atoms with E-state index in [1.165, 1.54) is 25.7 Å². The molecule has 4 fully saturated rings. The zero-order chi connectivity index (χ0) is 14.8. The summed E-state index contributed by atoms with van der Waals surface area (Å²) < 4.78 is 5.47. The van der Waals surface area contributed by atoms with Gasteiger partial charge in [-0.15, -0.1) is 0 Å². The lowest BCUT2D eigenvalue weighted by atomic mass is 9.47. The Morgan fingerprint density at radius 1 is 1.05 bits per heavy atom. The fraction of sp³-hybridized carbons (Fsp3) is 0.944. The number of rotatable bonds is 0. The van der Waals surface area contributed by atoms with Crippen molar-refractivity contribution in [2.75, 3.05) is 6.61 Å². The number of hydrogen-bond acceptors (Lipinski definition) is 3. The fourth-order valence-electron chi connectivity index (χ4n) is 6.56. The molecule has 1 aliphatic heterocycles. The number of hydrogen-bond donors (Lipinski definition) is 1. The molecule has 1 heterocycles. The third kappa shape index (κ3) is 1.79. The molecule has 21 heavy (non-hydrogen) atoms. The van der Waals surface area contributed by atoms with Gasteiger partial charge in [0.1, 0.15) is 0 Å². The van der Waals surface area contributed by atoms with E-state index >= 15 is 0 Å². The number of aliphatic hydroxyl groups is 1. The summed E-state index contributed by atoms with van der Waals surface area (Å²) in [5, 5.41) is 10.4. The molecule has 0 aromatic carbocycles. The van der Waals surface area contributed by atoms with Crippen molar-refractivity contribution in [3.05, 3.63) is 0 Å². The van der Waals surface area contributed by atoms with Crippen LogP contribution in [0.2, 0.25) is 0 Å². The van der Waals surface area contributed by atoms with E-state index in [0.29, 0.717) is 30.8 Å². The molecule has 1 saturated heterocycles. The maximum Gasteiger partial charge on any atom is 0.306 e. The highest BCUT2D eigenvalue weighted by Crippen LogP contribution is 2.64. The van der Waals surface area contributed by atoms with Crippen molar-refractivity contribution in [2.24, 2.45) is 34.5 Å². The number of carbonyl (C=O) groups excluding carboxylic acids is 1. The van der Waals surface area contributed by atoms with Crippen LogP contribution in [0.5, 0.6) is 0 Å². The molecule has 0 bridgehead atoms. The van der Waals surface area contributed by atoms with E-state index in [1.54, 1.807) is 0 Å². The van der Waals surface area contributed by atoms with Crippen LogP contribution in [0.1, 0.15) is 58.8 Å². The molecule has 3 nitrogen and oxygen atoms in total. The Kier molecular flexibility index (Phi) is 2.99. The van der Waals surface area contributed by atoms with Gasteiger partial charge >= 0.3 is 5.97 Å². The van der Waals surface area contributed by atoms with Crippen LogP contribution in [-0.2, 0) is 9.53 Å². The van der Waals surface area contributed by atoms with Crippen molar-refractivity contribution in [1.82, 2.24) is 0 Å². The molecule has 3 saturated carbocycles. The quantitative estimate of drug-likeness (QED) is 0.698. The highest BCUT2D eigenvalue weighted by molar-refractivity contribution is 5.70. The highest BCUT2D eigenvalue weighted by atomic mass is 16.5. The molecular formula is C18H28O3. The number of esters is 1. The van der Waals surface area contributed by atoms with Gasteiger partial charge < -0.3 is 9.84 Å². The van der Waals surface area contributed by atoms with E-state index in [1.807, 2.05) is 0 Å². The molecule has 3 aliphatic carbocycles. The van der Waals surface area contributed by atoms with Gasteiger partial charge in [-0.1, -0.05) is 13.8 Å². The van der Waals surface area contributed by atoms with Crippen LogP contribution in [0.4, 0.5) is 0 Å². The Balaban J connectivity index is 1.64. The largest absolute Gasteiger partial charge is 0.465 e. The normalized spacial score (nSPS) is 56.1. The van der Waals surface area contributed by atoms with Gasteiger partial charge in [0.2, 0.25) is 0 Å². The summed E-state index contributed by atoms with van der Waals surface area (Å²) in [4.78, 5) is 11.6. The molecule has 3 heteroatoms. The number of carbonyl (C=O) groups is 1. The van der Waals surface area contributed by atoms with Crippen molar-refractivity contribution in [2.45, 2.75) is 64.9 Å². The molecule has 1 N–H and O–H groups in total. The van der Waals surface area contributed by atoms with Gasteiger partial charge in [0, 0.05) is 11.8 Å². The Hall–Kier alpha value is -0.570. The van der Waals surface area contributed by atoms with Gasteiger partial charge in [-0.05, 0) is 67.6 Å². The number of aliphatic hydroxyl groups excluding tert-OH is 1. The van der Waals surface area contributed by atoms with Crippen LogP contribution in [0, 0.1) is 34.5 Å². The van der Waals surface area contributed by atoms with Gasteiger partial charge in [0.15, 0.2) is 0 Å². The molecule has 0 aromatic heterocycles. The standard InChI is InChI=1S/C18H28O3/c1-17-8-7-14-12(13(17)5-6-15(17)19)4-3-11-9-16(20)21-10-18(11,14)2/h11-15,19H,3-10H2,1-2H3/t11-,12+,13-,14-,15-,17+,18-/m0/s1. The summed E-state index contributed by atoms with van der Waals surface area (Å²) >= 11 is 0. The minimum Gasteiger partial charge on any atom is -0.465 e. The van der Waals surface area contributed by atoms with E-state index in [9.17, 15) is 9.90 Å². The van der Waals surface area contributed by atoms with E-state index in [0.717, 1.165) is 18.8 Å². The molecular weight excluding hydrogens is 264 g/mol. The monoisotopic (exact) mass is 292 g/mol. The molecule has 0 amide bonds. The van der Waals surface area contributed by atoms with E-state index in [-0.39, 0.29) is 22.9 Å². The van der Waals surface area contributed by atoms with Crippen molar-refractivity contribution < 1.29 is 14.6 Å². The smallest absolute Gasteiger partial charge is 0.306 e. The van der Waals surface area contributed by atoms with Crippen LogP contribution in [-0.4, -0.2) is 23.8 Å². The first-order valence-corrected chi connectivity index (χ1v) is 8.79. The Bertz CT molecular complexity index is 461. The molecule has 0 spiro atoms. The molecule has 4 aliphatic rings. The average molecular weight is 292 g/mol. The van der Waals surface area contributed by atoms with Crippen LogP contribution < -0.4 is 0 Å². The topological polar surface area (TPSA) is 46.5 Å². The van der Waals surface area contributed by atoms with Crippen molar-refractivity contribution in [3.63, 3.8) is 0 Å². The summed E-state index contributed by atoms with van der Waals surface area (Å²) in [6.07, 6.45) is 7.50. The SMILES string of the molecule is C[C@]12COC(=O)C[C@@H]1CC[C@H]1[C@@H]2CC[C@@]2(C)[C@@H](O)CC[C@@H]12. The summed E-state index contributed by atoms with van der Waals surface area (Å²) in [5.41, 5.74) is 0.335. The second-order valence-electron chi connectivity index (χ2n) is 8.66. The lowest BCUT2D eigenvalue weighted by molar-refractivity contribution is -0.181. The predicted octanol–water partition coefficient (Wildman–Crippen LogP) is 3.15. The molecule has 4 rings (SSSR count). The summed E-state index contributed by atoms with van der Waals surface area (Å²) in [6.45, 7) is 5.32. The Morgan fingerprint density at radius 3 is 2.62 bits per heavy atom. The maximum absolute atomic E-state index is 11.6. The zero-order valence-corrected chi connectivity index (χ0v) is 13.3. The first-order chi connectivity index (χ1) is 9.95. The van der Waals surface area contributed by atoms with Gasteiger partial charge in [-0.3, -0.25) is 4.79 Å². The summed E-state index contributed by atoms with van der Waals surface area (Å²) in [5.74, 6) is 2.64.